The molecule has 1 aliphatic rings. The second-order valence-corrected chi connectivity index (χ2v) is 4.28. The van der Waals surface area contributed by atoms with E-state index in [9.17, 15) is 0 Å². The first-order chi connectivity index (χ1) is 8.22. The van der Waals surface area contributed by atoms with Crippen LogP contribution in [-0.4, -0.2) is 42.8 Å². The molecule has 1 N–H and O–H groups in total. The van der Waals surface area contributed by atoms with Crippen LogP contribution in [0, 0.1) is 6.92 Å². The van der Waals surface area contributed by atoms with Gasteiger partial charge in [-0.05, 0) is 20.3 Å². The molecule has 1 aromatic rings. The van der Waals surface area contributed by atoms with E-state index in [0.29, 0.717) is 6.10 Å². The van der Waals surface area contributed by atoms with Crippen LogP contribution in [0.25, 0.3) is 0 Å². The molecule has 0 aromatic carbocycles. The summed E-state index contributed by atoms with van der Waals surface area (Å²) in [6.07, 6.45) is 1.39. The molecule has 1 saturated heterocycles. The summed E-state index contributed by atoms with van der Waals surface area (Å²) in [5.41, 5.74) is 0. The molecule has 94 valence electrons. The van der Waals surface area contributed by atoms with Crippen LogP contribution >= 0.6 is 0 Å². The van der Waals surface area contributed by atoms with Crippen molar-refractivity contribution in [3.8, 4) is 0 Å². The molecule has 0 amide bonds. The first-order valence-electron chi connectivity index (χ1n) is 6.10. The average Bonchev–Trinajstić information content (AvgIpc) is 2.77. The van der Waals surface area contributed by atoms with E-state index in [0.717, 1.165) is 43.5 Å². The smallest absolute Gasteiger partial charge is 0.134 e. The predicted molar refractivity (Wildman–Crippen MR) is 68.6 cm³/mol. The second-order valence-electron chi connectivity index (χ2n) is 4.28. The molecule has 1 aromatic heterocycles. The molecular weight excluding hydrogens is 216 g/mol. The Bertz CT molecular complexity index is 383. The Balaban J connectivity index is 2.15. The van der Waals surface area contributed by atoms with Gasteiger partial charge in [0.05, 0.1) is 6.10 Å². The average molecular weight is 236 g/mol. The van der Waals surface area contributed by atoms with E-state index in [1.807, 2.05) is 13.0 Å². The maximum atomic E-state index is 5.37. The highest BCUT2D eigenvalue weighted by atomic mass is 16.5. The third-order valence-electron chi connectivity index (χ3n) is 2.98. The predicted octanol–water partition coefficient (Wildman–Crippen LogP) is 1.44. The molecule has 2 rings (SSSR count). The third-order valence-corrected chi connectivity index (χ3v) is 2.98. The Morgan fingerprint density at radius 2 is 2.35 bits per heavy atom. The van der Waals surface area contributed by atoms with Crippen molar-refractivity contribution in [3.05, 3.63) is 11.9 Å². The zero-order valence-corrected chi connectivity index (χ0v) is 10.7. The Hall–Kier alpha value is -1.36. The lowest BCUT2D eigenvalue weighted by atomic mass is 10.3. The number of hydrogen-bond donors (Lipinski definition) is 1. The summed E-state index contributed by atoms with van der Waals surface area (Å²) < 4.78 is 5.37. The zero-order valence-electron chi connectivity index (χ0n) is 10.7. The van der Waals surface area contributed by atoms with Crippen molar-refractivity contribution in [2.75, 3.05) is 37.0 Å². The highest BCUT2D eigenvalue weighted by Crippen LogP contribution is 2.21. The monoisotopic (exact) mass is 236 g/mol. The van der Waals surface area contributed by atoms with E-state index in [-0.39, 0.29) is 0 Å². The Kier molecular flexibility index (Phi) is 3.78. The van der Waals surface area contributed by atoms with Gasteiger partial charge in [-0.1, -0.05) is 0 Å². The molecule has 5 nitrogen and oxygen atoms in total. The van der Waals surface area contributed by atoms with Gasteiger partial charge >= 0.3 is 0 Å². The summed E-state index contributed by atoms with van der Waals surface area (Å²) in [5.74, 6) is 2.70. The number of aryl methyl sites for hydroxylation is 1. The Labute approximate surface area is 102 Å². The molecule has 1 aliphatic heterocycles. The number of ether oxygens (including phenoxy) is 1. The van der Waals surface area contributed by atoms with Gasteiger partial charge in [-0.25, -0.2) is 9.97 Å². The fourth-order valence-electron chi connectivity index (χ4n) is 2.11. The first kappa shape index (κ1) is 12.1. The van der Waals surface area contributed by atoms with Gasteiger partial charge in [-0.3, -0.25) is 0 Å². The molecule has 1 atom stereocenters. The molecule has 1 unspecified atom stereocenters. The van der Waals surface area contributed by atoms with Gasteiger partial charge in [-0.15, -0.1) is 0 Å². The first-order valence-corrected chi connectivity index (χ1v) is 6.10. The summed E-state index contributed by atoms with van der Waals surface area (Å²) in [6, 6.07) is 2.01. The molecule has 0 aliphatic carbocycles. The number of rotatable bonds is 4. The van der Waals surface area contributed by atoms with Crippen molar-refractivity contribution >= 4 is 11.6 Å². The summed E-state index contributed by atoms with van der Waals surface area (Å²) >= 11 is 0. The second kappa shape index (κ2) is 5.31. The van der Waals surface area contributed by atoms with Gasteiger partial charge in [0.15, 0.2) is 0 Å². The number of nitrogens with one attached hydrogen (secondary N) is 1. The van der Waals surface area contributed by atoms with Crippen LogP contribution in [0.1, 0.15) is 19.2 Å². The minimum absolute atomic E-state index is 0.327. The lowest BCUT2D eigenvalue weighted by molar-refractivity contribution is 0.121. The van der Waals surface area contributed by atoms with Crippen molar-refractivity contribution in [1.29, 1.82) is 0 Å². The molecule has 17 heavy (non-hydrogen) atoms. The van der Waals surface area contributed by atoms with Crippen molar-refractivity contribution in [1.82, 2.24) is 9.97 Å². The summed E-state index contributed by atoms with van der Waals surface area (Å²) in [7, 11) is 1.77. The highest BCUT2D eigenvalue weighted by molar-refractivity contribution is 5.50. The molecule has 1 fully saturated rings. The maximum absolute atomic E-state index is 5.37. The largest absolute Gasteiger partial charge is 0.380 e. The molecule has 0 radical (unpaired) electrons. The van der Waals surface area contributed by atoms with Gasteiger partial charge < -0.3 is 15.0 Å². The molecular formula is C12H20N4O. The zero-order chi connectivity index (χ0) is 12.3. The van der Waals surface area contributed by atoms with E-state index in [4.69, 9.17) is 4.74 Å². The molecule has 0 bridgehead atoms. The van der Waals surface area contributed by atoms with E-state index in [1.165, 1.54) is 0 Å². The number of anilines is 2. The van der Waals surface area contributed by atoms with Crippen LogP contribution in [0.5, 0.6) is 0 Å². The van der Waals surface area contributed by atoms with Gasteiger partial charge in [-0.2, -0.15) is 0 Å². The fraction of sp³-hybridized carbons (Fsp3) is 0.667. The van der Waals surface area contributed by atoms with E-state index in [1.54, 1.807) is 7.11 Å². The van der Waals surface area contributed by atoms with E-state index in [2.05, 4.69) is 27.1 Å². The fourth-order valence-corrected chi connectivity index (χ4v) is 2.11. The van der Waals surface area contributed by atoms with Crippen LogP contribution in [0.3, 0.4) is 0 Å². The number of hydrogen-bond acceptors (Lipinski definition) is 5. The normalized spacial score (nSPS) is 19.7. The van der Waals surface area contributed by atoms with Crippen molar-refractivity contribution in [2.24, 2.45) is 0 Å². The Morgan fingerprint density at radius 1 is 1.53 bits per heavy atom. The topological polar surface area (TPSA) is 50.3 Å². The minimum atomic E-state index is 0.327. The highest BCUT2D eigenvalue weighted by Gasteiger charge is 2.23. The SMILES string of the molecule is CCNc1cc(N2CCC(OC)C2)nc(C)n1. The van der Waals surface area contributed by atoms with Crippen LogP contribution < -0.4 is 10.2 Å². The van der Waals surface area contributed by atoms with Gasteiger partial charge in [0.25, 0.3) is 0 Å². The van der Waals surface area contributed by atoms with Crippen LogP contribution in [0.4, 0.5) is 11.6 Å². The summed E-state index contributed by atoms with van der Waals surface area (Å²) in [6.45, 7) is 6.78. The quantitative estimate of drug-likeness (QED) is 0.857. The van der Waals surface area contributed by atoms with E-state index >= 15 is 0 Å². The molecule has 2 heterocycles. The van der Waals surface area contributed by atoms with E-state index < -0.39 is 0 Å². The number of nitrogens with zero attached hydrogens (tertiary/aromatic N) is 3. The van der Waals surface area contributed by atoms with Crippen molar-refractivity contribution in [2.45, 2.75) is 26.4 Å². The van der Waals surface area contributed by atoms with Crippen LogP contribution in [0.15, 0.2) is 6.07 Å². The lowest BCUT2D eigenvalue weighted by Crippen LogP contribution is -2.23. The van der Waals surface area contributed by atoms with Crippen molar-refractivity contribution < 1.29 is 4.74 Å². The van der Waals surface area contributed by atoms with Crippen LogP contribution in [0.2, 0.25) is 0 Å². The van der Waals surface area contributed by atoms with Gasteiger partial charge in [0, 0.05) is 32.8 Å². The third kappa shape index (κ3) is 2.85. The summed E-state index contributed by atoms with van der Waals surface area (Å²) in [4.78, 5) is 11.1. The molecule has 0 saturated carbocycles. The van der Waals surface area contributed by atoms with Crippen molar-refractivity contribution in [3.63, 3.8) is 0 Å². The Morgan fingerprint density at radius 3 is 3.00 bits per heavy atom. The minimum Gasteiger partial charge on any atom is -0.380 e. The lowest BCUT2D eigenvalue weighted by Gasteiger charge is -2.18. The van der Waals surface area contributed by atoms with Gasteiger partial charge in [0.2, 0.25) is 0 Å². The maximum Gasteiger partial charge on any atom is 0.134 e. The molecule has 5 heteroatoms. The number of methoxy groups -OCH3 is 1. The van der Waals surface area contributed by atoms with Gasteiger partial charge in [0.1, 0.15) is 17.5 Å². The standard InChI is InChI=1S/C12H20N4O/c1-4-13-11-7-12(15-9(2)14-11)16-6-5-10(8-16)17-3/h7,10H,4-6,8H2,1-3H3,(H,13,14,15). The number of aromatic nitrogens is 2. The van der Waals surface area contributed by atoms with Crippen LogP contribution in [-0.2, 0) is 4.74 Å². The molecule has 0 spiro atoms. The summed E-state index contributed by atoms with van der Waals surface area (Å²) in [5, 5.41) is 3.23.